The highest BCUT2D eigenvalue weighted by molar-refractivity contribution is 5.97. The van der Waals surface area contributed by atoms with Gasteiger partial charge in [0.2, 0.25) is 12.3 Å². The van der Waals surface area contributed by atoms with E-state index in [4.69, 9.17) is 13.9 Å². The Morgan fingerprint density at radius 3 is 2.55 bits per heavy atom. The Labute approximate surface area is 243 Å². The van der Waals surface area contributed by atoms with Crippen molar-refractivity contribution in [2.24, 2.45) is 0 Å². The number of ether oxygens (including phenoxy) is 2. The van der Waals surface area contributed by atoms with Crippen LogP contribution in [0, 0.1) is 10.1 Å². The topological polar surface area (TPSA) is 136 Å². The summed E-state index contributed by atoms with van der Waals surface area (Å²) in [5.41, 5.74) is 3.30. The maximum absolute atomic E-state index is 13.6. The Morgan fingerprint density at radius 1 is 1.10 bits per heavy atom. The molecule has 0 radical (unpaired) electrons. The van der Waals surface area contributed by atoms with E-state index < -0.39 is 16.8 Å². The molecule has 42 heavy (non-hydrogen) atoms. The molecule has 12 heteroatoms. The number of aromatic nitrogens is 2. The zero-order valence-corrected chi connectivity index (χ0v) is 23.9. The number of carbonyl (C=O) groups is 1. The molecule has 12 nitrogen and oxygen atoms in total. The van der Waals surface area contributed by atoms with E-state index in [2.05, 4.69) is 31.4 Å². The van der Waals surface area contributed by atoms with Gasteiger partial charge in [0.1, 0.15) is 5.75 Å². The fourth-order valence-electron chi connectivity index (χ4n) is 5.68. The standard InChI is InChI=1S/C30H34N6O6/c1-20-26(29-33-31-19-42-29)28(22-9-4-5-10-23(22)36(38)39)27(21(2)32-20)30(37)41-18-8-13-34-14-16-35(17-15-34)24-11-6-7-12-25(24)40-3/h4-7,9-12,19,28,32H,8,13-18H2,1-3H3. The zero-order chi connectivity index (χ0) is 29.6. The molecule has 0 bridgehead atoms. The third-order valence-electron chi connectivity index (χ3n) is 7.67. The summed E-state index contributed by atoms with van der Waals surface area (Å²) < 4.78 is 16.8. The third kappa shape index (κ3) is 5.98. The lowest BCUT2D eigenvalue weighted by atomic mass is 9.79. The molecule has 0 amide bonds. The molecule has 2 aromatic carbocycles. The van der Waals surface area contributed by atoms with Crippen LogP contribution in [0.2, 0.25) is 0 Å². The van der Waals surface area contributed by atoms with Gasteiger partial charge in [-0.3, -0.25) is 15.0 Å². The van der Waals surface area contributed by atoms with Crippen LogP contribution in [-0.4, -0.2) is 72.4 Å². The first kappa shape index (κ1) is 28.8. The lowest BCUT2D eigenvalue weighted by Gasteiger charge is -2.36. The lowest BCUT2D eigenvalue weighted by molar-refractivity contribution is -0.385. The van der Waals surface area contributed by atoms with Crippen LogP contribution in [0.5, 0.6) is 5.75 Å². The van der Waals surface area contributed by atoms with Gasteiger partial charge in [0, 0.05) is 61.3 Å². The van der Waals surface area contributed by atoms with Gasteiger partial charge in [-0.05, 0) is 32.4 Å². The Bertz CT molecular complexity index is 1490. The number of methoxy groups -OCH3 is 1. The van der Waals surface area contributed by atoms with Crippen LogP contribution >= 0.6 is 0 Å². The molecule has 3 heterocycles. The van der Waals surface area contributed by atoms with Crippen LogP contribution in [0.15, 0.2) is 76.3 Å². The van der Waals surface area contributed by atoms with Crippen molar-refractivity contribution in [1.29, 1.82) is 0 Å². The summed E-state index contributed by atoms with van der Waals surface area (Å²) in [4.78, 5) is 29.8. The second-order valence-corrected chi connectivity index (χ2v) is 10.2. The molecule has 1 fully saturated rings. The van der Waals surface area contributed by atoms with Crippen LogP contribution in [0.1, 0.15) is 37.6 Å². The highest BCUT2D eigenvalue weighted by Gasteiger charge is 2.39. The van der Waals surface area contributed by atoms with E-state index in [0.29, 0.717) is 29.0 Å². The third-order valence-corrected chi connectivity index (χ3v) is 7.67. The predicted molar refractivity (Wildman–Crippen MR) is 156 cm³/mol. The quantitative estimate of drug-likeness (QED) is 0.162. The molecule has 1 atom stereocenters. The Hall–Kier alpha value is -4.71. The van der Waals surface area contributed by atoms with Gasteiger partial charge >= 0.3 is 5.97 Å². The predicted octanol–water partition coefficient (Wildman–Crippen LogP) is 4.13. The van der Waals surface area contributed by atoms with Crippen molar-refractivity contribution in [3.8, 4) is 5.75 Å². The number of hydrogen-bond donors (Lipinski definition) is 1. The van der Waals surface area contributed by atoms with Gasteiger partial charge in [0.25, 0.3) is 5.69 Å². The van der Waals surface area contributed by atoms with Crippen LogP contribution in [-0.2, 0) is 9.53 Å². The van der Waals surface area contributed by atoms with Crippen molar-refractivity contribution in [3.63, 3.8) is 0 Å². The molecule has 1 unspecified atom stereocenters. The first-order chi connectivity index (χ1) is 20.4. The summed E-state index contributed by atoms with van der Waals surface area (Å²) in [6, 6.07) is 14.4. The van der Waals surface area contributed by atoms with Crippen molar-refractivity contribution in [2.75, 3.05) is 51.3 Å². The van der Waals surface area contributed by atoms with Gasteiger partial charge in [-0.2, -0.15) is 0 Å². The molecular formula is C30H34N6O6. The van der Waals surface area contributed by atoms with Gasteiger partial charge in [-0.1, -0.05) is 30.3 Å². The Kier molecular flexibility index (Phi) is 8.82. The van der Waals surface area contributed by atoms with Crippen LogP contribution in [0.3, 0.4) is 0 Å². The van der Waals surface area contributed by atoms with E-state index in [1.807, 2.05) is 18.2 Å². The van der Waals surface area contributed by atoms with Crippen molar-refractivity contribution in [3.05, 3.63) is 93.5 Å². The molecular weight excluding hydrogens is 540 g/mol. The summed E-state index contributed by atoms with van der Waals surface area (Å²) in [6.45, 7) is 8.08. The fraction of sp³-hybridized carbons (Fsp3) is 0.367. The minimum absolute atomic E-state index is 0.111. The number of hydrogen-bond acceptors (Lipinski definition) is 11. The normalized spacial score (nSPS) is 17.7. The molecule has 1 N–H and O–H groups in total. The first-order valence-electron chi connectivity index (χ1n) is 13.8. The number of allylic oxidation sites excluding steroid dienone is 3. The van der Waals surface area contributed by atoms with E-state index in [-0.39, 0.29) is 23.8 Å². The number of dihydropyridines is 1. The summed E-state index contributed by atoms with van der Waals surface area (Å²) in [5.74, 6) is -0.336. The molecule has 2 aliphatic heterocycles. The number of para-hydroxylation sites is 3. The van der Waals surface area contributed by atoms with Crippen LogP contribution in [0.25, 0.3) is 5.57 Å². The second kappa shape index (κ2) is 12.9. The van der Waals surface area contributed by atoms with Gasteiger partial charge in [-0.25, -0.2) is 4.79 Å². The van der Waals surface area contributed by atoms with Crippen molar-refractivity contribution in [1.82, 2.24) is 20.4 Å². The van der Waals surface area contributed by atoms with Gasteiger partial charge in [-0.15, -0.1) is 10.2 Å². The number of benzene rings is 2. The van der Waals surface area contributed by atoms with Crippen molar-refractivity contribution < 1.29 is 23.6 Å². The molecule has 2 aliphatic rings. The molecule has 3 aromatic rings. The summed E-state index contributed by atoms with van der Waals surface area (Å²) in [7, 11) is 1.68. The maximum Gasteiger partial charge on any atom is 0.336 e. The first-order valence-corrected chi connectivity index (χ1v) is 13.8. The SMILES string of the molecule is COc1ccccc1N1CCN(CCCOC(=O)C2=C(C)NC(C)=C(c3nnco3)C2c2ccccc2[N+](=O)[O-])CC1. The minimum Gasteiger partial charge on any atom is -0.495 e. The van der Waals surface area contributed by atoms with E-state index in [9.17, 15) is 14.9 Å². The smallest absolute Gasteiger partial charge is 0.336 e. The van der Waals surface area contributed by atoms with Gasteiger partial charge < -0.3 is 24.1 Å². The fourth-order valence-corrected chi connectivity index (χ4v) is 5.68. The second-order valence-electron chi connectivity index (χ2n) is 10.2. The summed E-state index contributed by atoms with van der Waals surface area (Å²) in [6.07, 6.45) is 1.84. The molecule has 1 aromatic heterocycles. The maximum atomic E-state index is 13.6. The molecule has 1 saturated heterocycles. The molecule has 220 valence electrons. The molecule has 0 aliphatic carbocycles. The number of piperazine rings is 1. The number of carbonyl (C=O) groups excluding carboxylic acids is 1. The van der Waals surface area contributed by atoms with Crippen LogP contribution in [0.4, 0.5) is 11.4 Å². The highest BCUT2D eigenvalue weighted by Crippen LogP contribution is 2.45. The molecule has 0 saturated carbocycles. The monoisotopic (exact) mass is 574 g/mol. The average molecular weight is 575 g/mol. The van der Waals surface area contributed by atoms with Gasteiger partial charge in [0.05, 0.1) is 35.8 Å². The van der Waals surface area contributed by atoms with Crippen molar-refractivity contribution in [2.45, 2.75) is 26.2 Å². The average Bonchev–Trinajstić information content (AvgIpc) is 3.53. The van der Waals surface area contributed by atoms with E-state index in [1.165, 1.54) is 12.5 Å². The number of nitro benzene ring substituents is 1. The number of esters is 1. The number of nitrogens with one attached hydrogen (secondary N) is 1. The number of nitrogens with zero attached hydrogens (tertiary/aromatic N) is 5. The van der Waals surface area contributed by atoms with Crippen LogP contribution < -0.4 is 15.0 Å². The number of rotatable bonds is 10. The van der Waals surface area contributed by atoms with E-state index in [0.717, 1.165) is 44.2 Å². The Morgan fingerprint density at radius 2 is 1.83 bits per heavy atom. The van der Waals surface area contributed by atoms with E-state index in [1.54, 1.807) is 39.2 Å². The molecule has 5 rings (SSSR count). The summed E-state index contributed by atoms with van der Waals surface area (Å²) >= 11 is 0. The number of anilines is 1. The van der Waals surface area contributed by atoms with Crippen molar-refractivity contribution >= 4 is 22.9 Å². The largest absolute Gasteiger partial charge is 0.495 e. The van der Waals surface area contributed by atoms with E-state index >= 15 is 0 Å². The number of nitro groups is 1. The lowest BCUT2D eigenvalue weighted by Crippen LogP contribution is -2.46. The summed E-state index contributed by atoms with van der Waals surface area (Å²) in [5, 5.41) is 23.0. The molecule has 0 spiro atoms. The zero-order valence-electron chi connectivity index (χ0n) is 23.9. The highest BCUT2D eigenvalue weighted by atomic mass is 16.6. The Balaban J connectivity index is 1.25. The minimum atomic E-state index is -0.830. The van der Waals surface area contributed by atoms with Gasteiger partial charge in [0.15, 0.2) is 0 Å².